The van der Waals surface area contributed by atoms with Crippen molar-refractivity contribution in [2.24, 2.45) is 0 Å². The van der Waals surface area contributed by atoms with Crippen molar-refractivity contribution in [3.63, 3.8) is 0 Å². The van der Waals surface area contributed by atoms with E-state index >= 15 is 0 Å². The van der Waals surface area contributed by atoms with E-state index in [-0.39, 0.29) is 12.5 Å². The van der Waals surface area contributed by atoms with Crippen LogP contribution in [0, 0.1) is 6.92 Å². The Morgan fingerprint density at radius 1 is 1.29 bits per heavy atom. The van der Waals surface area contributed by atoms with Crippen molar-refractivity contribution in [2.75, 3.05) is 11.9 Å². The number of carbonyl (C=O) groups is 1. The first kappa shape index (κ1) is 14.1. The average molecular weight is 301 g/mol. The van der Waals surface area contributed by atoms with Gasteiger partial charge in [0.2, 0.25) is 0 Å². The number of carbonyl (C=O) groups excluding carboxylic acids is 1. The number of aryl methyl sites for hydroxylation is 3. The monoisotopic (exact) mass is 301 g/mol. The van der Waals surface area contributed by atoms with Gasteiger partial charge < -0.3 is 10.1 Å². The summed E-state index contributed by atoms with van der Waals surface area (Å²) in [7, 11) is 0. The van der Waals surface area contributed by atoms with Gasteiger partial charge in [-0.05, 0) is 55.9 Å². The number of fused-ring (bicyclic) bond motifs is 1. The Kier molecular flexibility index (Phi) is 4.25. The number of benzene rings is 1. The van der Waals surface area contributed by atoms with Gasteiger partial charge in [-0.25, -0.2) is 0 Å². The Morgan fingerprint density at radius 2 is 2.10 bits per heavy atom. The van der Waals surface area contributed by atoms with E-state index in [9.17, 15) is 4.79 Å². The summed E-state index contributed by atoms with van der Waals surface area (Å²) in [5, 5.41) is 3.89. The highest BCUT2D eigenvalue weighted by Gasteiger charge is 2.14. The van der Waals surface area contributed by atoms with Crippen LogP contribution in [0.5, 0.6) is 5.75 Å². The standard InChI is InChI=1S/C17H19NO2S/c1-12-6-2-4-8-14(12)20-11-16(19)18-17-10-13-7-3-5-9-15(13)21-17/h2,4,6,8,10H,3,5,7,9,11H2,1H3,(H,18,19). The molecule has 3 nitrogen and oxygen atoms in total. The fourth-order valence-electron chi connectivity index (χ4n) is 2.59. The predicted octanol–water partition coefficient (Wildman–Crippen LogP) is 3.95. The van der Waals surface area contributed by atoms with Gasteiger partial charge in [0, 0.05) is 4.88 Å². The molecule has 1 aromatic carbocycles. The van der Waals surface area contributed by atoms with E-state index in [1.807, 2.05) is 31.2 Å². The number of ether oxygens (including phenoxy) is 1. The topological polar surface area (TPSA) is 38.3 Å². The highest BCUT2D eigenvalue weighted by molar-refractivity contribution is 7.16. The van der Waals surface area contributed by atoms with Crippen molar-refractivity contribution in [3.8, 4) is 5.75 Å². The summed E-state index contributed by atoms with van der Waals surface area (Å²) in [6.45, 7) is 2.02. The molecule has 0 radical (unpaired) electrons. The Hall–Kier alpha value is -1.81. The maximum atomic E-state index is 12.0. The molecular formula is C17H19NO2S. The van der Waals surface area contributed by atoms with Crippen LogP contribution in [0.4, 0.5) is 5.00 Å². The highest BCUT2D eigenvalue weighted by Crippen LogP contribution is 2.32. The lowest BCUT2D eigenvalue weighted by atomic mass is 10.00. The van der Waals surface area contributed by atoms with Crippen LogP contribution >= 0.6 is 11.3 Å². The van der Waals surface area contributed by atoms with Gasteiger partial charge in [0.15, 0.2) is 6.61 Å². The summed E-state index contributed by atoms with van der Waals surface area (Å²) >= 11 is 1.70. The number of para-hydroxylation sites is 1. The highest BCUT2D eigenvalue weighted by atomic mass is 32.1. The van der Waals surface area contributed by atoms with E-state index in [1.54, 1.807) is 11.3 Å². The lowest BCUT2D eigenvalue weighted by Crippen LogP contribution is -2.19. The number of nitrogens with one attached hydrogen (secondary N) is 1. The Labute approximate surface area is 129 Å². The van der Waals surface area contributed by atoms with Crippen LogP contribution in [0.3, 0.4) is 0 Å². The molecule has 0 bridgehead atoms. The molecule has 0 atom stereocenters. The smallest absolute Gasteiger partial charge is 0.262 e. The van der Waals surface area contributed by atoms with Crippen molar-refractivity contribution in [3.05, 3.63) is 46.3 Å². The van der Waals surface area contributed by atoms with Crippen LogP contribution in [0.25, 0.3) is 0 Å². The minimum atomic E-state index is -0.100. The van der Waals surface area contributed by atoms with Gasteiger partial charge in [0.05, 0.1) is 5.00 Å². The van der Waals surface area contributed by atoms with Crippen LogP contribution in [0.1, 0.15) is 28.8 Å². The second-order valence-corrected chi connectivity index (χ2v) is 6.51. The summed E-state index contributed by atoms with van der Waals surface area (Å²) in [5.41, 5.74) is 2.44. The molecule has 0 unspecified atom stereocenters. The maximum Gasteiger partial charge on any atom is 0.262 e. The maximum absolute atomic E-state index is 12.0. The van der Waals surface area contributed by atoms with E-state index in [0.717, 1.165) is 29.2 Å². The first-order valence-electron chi connectivity index (χ1n) is 7.32. The molecule has 3 rings (SSSR count). The third-order valence-corrected chi connectivity index (χ3v) is 4.86. The molecule has 110 valence electrons. The van der Waals surface area contributed by atoms with E-state index < -0.39 is 0 Å². The Bertz CT molecular complexity index is 624. The van der Waals surface area contributed by atoms with Crippen LogP contribution in [-0.4, -0.2) is 12.5 Å². The minimum absolute atomic E-state index is 0.0490. The van der Waals surface area contributed by atoms with Crippen LogP contribution in [-0.2, 0) is 17.6 Å². The van der Waals surface area contributed by atoms with Gasteiger partial charge in [0.1, 0.15) is 5.75 Å². The molecule has 0 aliphatic heterocycles. The van der Waals surface area contributed by atoms with Crippen molar-refractivity contribution in [1.29, 1.82) is 0 Å². The zero-order valence-electron chi connectivity index (χ0n) is 12.1. The molecule has 1 amide bonds. The zero-order chi connectivity index (χ0) is 14.7. The average Bonchev–Trinajstić information content (AvgIpc) is 2.88. The summed E-state index contributed by atoms with van der Waals surface area (Å²) in [5.74, 6) is 0.662. The first-order valence-corrected chi connectivity index (χ1v) is 8.14. The third-order valence-electron chi connectivity index (χ3n) is 3.71. The van der Waals surface area contributed by atoms with Gasteiger partial charge in [-0.1, -0.05) is 18.2 Å². The fraction of sp³-hybridized carbons (Fsp3) is 0.353. The third kappa shape index (κ3) is 3.45. The van der Waals surface area contributed by atoms with Crippen LogP contribution < -0.4 is 10.1 Å². The minimum Gasteiger partial charge on any atom is -0.483 e. The zero-order valence-corrected chi connectivity index (χ0v) is 13.0. The number of hydrogen-bond donors (Lipinski definition) is 1. The van der Waals surface area contributed by atoms with E-state index in [1.165, 1.54) is 23.3 Å². The van der Waals surface area contributed by atoms with E-state index in [4.69, 9.17) is 4.74 Å². The molecule has 4 heteroatoms. The summed E-state index contributed by atoms with van der Waals surface area (Å²) in [4.78, 5) is 13.4. The summed E-state index contributed by atoms with van der Waals surface area (Å²) in [6.07, 6.45) is 4.81. The second kappa shape index (κ2) is 6.31. The fourth-order valence-corrected chi connectivity index (χ4v) is 3.76. The van der Waals surface area contributed by atoms with Crippen molar-refractivity contribution in [2.45, 2.75) is 32.6 Å². The number of rotatable bonds is 4. The number of hydrogen-bond acceptors (Lipinski definition) is 3. The number of thiophene rings is 1. The molecule has 1 aromatic heterocycles. The predicted molar refractivity (Wildman–Crippen MR) is 86.3 cm³/mol. The van der Waals surface area contributed by atoms with Crippen molar-refractivity contribution < 1.29 is 9.53 Å². The second-order valence-electron chi connectivity index (χ2n) is 5.37. The SMILES string of the molecule is Cc1ccccc1OCC(=O)Nc1cc2c(s1)CCCC2. The van der Waals surface area contributed by atoms with Crippen molar-refractivity contribution in [1.82, 2.24) is 0 Å². The molecule has 0 saturated carbocycles. The molecular weight excluding hydrogens is 282 g/mol. The lowest BCUT2D eigenvalue weighted by Gasteiger charge is -2.08. The molecule has 1 aliphatic rings. The summed E-state index contributed by atoms with van der Waals surface area (Å²) in [6, 6.07) is 9.84. The lowest BCUT2D eigenvalue weighted by molar-refractivity contribution is -0.118. The van der Waals surface area contributed by atoms with Gasteiger partial charge in [-0.2, -0.15) is 0 Å². The molecule has 0 spiro atoms. The Balaban J connectivity index is 1.57. The quantitative estimate of drug-likeness (QED) is 0.928. The molecule has 1 aliphatic carbocycles. The van der Waals surface area contributed by atoms with Gasteiger partial charge in [0.25, 0.3) is 5.91 Å². The number of amides is 1. The van der Waals surface area contributed by atoms with E-state index in [2.05, 4.69) is 11.4 Å². The normalized spacial score (nSPS) is 13.6. The molecule has 0 saturated heterocycles. The van der Waals surface area contributed by atoms with Crippen LogP contribution in [0.2, 0.25) is 0 Å². The molecule has 0 fully saturated rings. The van der Waals surface area contributed by atoms with Gasteiger partial charge in [-0.15, -0.1) is 11.3 Å². The van der Waals surface area contributed by atoms with Crippen LogP contribution in [0.15, 0.2) is 30.3 Å². The van der Waals surface area contributed by atoms with E-state index in [0.29, 0.717) is 0 Å². The van der Waals surface area contributed by atoms with Crippen molar-refractivity contribution >= 4 is 22.2 Å². The Morgan fingerprint density at radius 3 is 2.90 bits per heavy atom. The largest absolute Gasteiger partial charge is 0.483 e. The molecule has 21 heavy (non-hydrogen) atoms. The first-order chi connectivity index (χ1) is 10.2. The van der Waals surface area contributed by atoms with Gasteiger partial charge in [-0.3, -0.25) is 4.79 Å². The molecule has 1 heterocycles. The number of anilines is 1. The van der Waals surface area contributed by atoms with Gasteiger partial charge >= 0.3 is 0 Å². The molecule has 2 aromatic rings. The summed E-state index contributed by atoms with van der Waals surface area (Å²) < 4.78 is 5.57. The molecule has 1 N–H and O–H groups in total.